The van der Waals surface area contributed by atoms with E-state index in [-0.39, 0.29) is 46.4 Å². The largest absolute Gasteiger partial charge is 0.508 e. The fourth-order valence-electron chi connectivity index (χ4n) is 4.75. The Bertz CT molecular complexity index is 1300. The zero-order valence-electron chi connectivity index (χ0n) is 22.7. The fraction of sp³-hybridized carbons (Fsp3) is 0.464. The van der Waals surface area contributed by atoms with Gasteiger partial charge in [-0.2, -0.15) is 0 Å². The van der Waals surface area contributed by atoms with Gasteiger partial charge in [-0.05, 0) is 55.6 Å². The molecule has 0 atom stereocenters. The van der Waals surface area contributed by atoms with Crippen molar-refractivity contribution in [2.45, 2.75) is 53.1 Å². The molecule has 0 bridgehead atoms. The molecule has 3 N–H and O–H groups in total. The number of hydrogen-bond acceptors (Lipinski definition) is 7. The maximum Gasteiger partial charge on any atom is 0.289 e. The molecule has 4 rings (SSSR count). The van der Waals surface area contributed by atoms with Crippen molar-refractivity contribution in [3.05, 3.63) is 53.1 Å². The minimum atomic E-state index is -0.531. The lowest BCUT2D eigenvalue weighted by atomic mass is 9.98. The normalized spacial score (nSPS) is 14.9. The lowest BCUT2D eigenvalue weighted by Gasteiger charge is -2.34. The van der Waals surface area contributed by atoms with Crippen molar-refractivity contribution in [1.82, 2.24) is 29.9 Å². The highest BCUT2D eigenvalue weighted by Crippen LogP contribution is 2.38. The smallest absolute Gasteiger partial charge is 0.289 e. The molecule has 0 spiro atoms. The summed E-state index contributed by atoms with van der Waals surface area (Å²) in [5.74, 6) is -1.41. The predicted molar refractivity (Wildman–Crippen MR) is 144 cm³/mol. The van der Waals surface area contributed by atoms with Crippen molar-refractivity contribution in [2.24, 2.45) is 0 Å². The van der Waals surface area contributed by atoms with Crippen molar-refractivity contribution >= 4 is 5.91 Å². The van der Waals surface area contributed by atoms with Gasteiger partial charge < -0.3 is 20.4 Å². The number of benzene rings is 2. The lowest BCUT2D eigenvalue weighted by molar-refractivity contribution is 0.0930. The zero-order valence-corrected chi connectivity index (χ0v) is 22.7. The standard InChI is InChI=1S/C28H37FN6O3/c1-6-33-9-11-34(12-10-33)16-19-7-8-23(22(29)13-19)35-26(31-32-27(35)28(38)30-18(4)5)21-14-20(17(2)3)24(36)15-25(21)37/h7-8,13-15,17-18,36-37H,6,9-12,16H2,1-5H3,(H,30,38). The third-order valence-corrected chi connectivity index (χ3v) is 6.87. The minimum absolute atomic E-state index is 0.0513. The summed E-state index contributed by atoms with van der Waals surface area (Å²) < 4.78 is 17.0. The van der Waals surface area contributed by atoms with Crippen LogP contribution in [-0.2, 0) is 6.54 Å². The summed E-state index contributed by atoms with van der Waals surface area (Å²) in [5, 5.41) is 32.1. The summed E-state index contributed by atoms with van der Waals surface area (Å²) in [7, 11) is 0. The second-order valence-corrected chi connectivity index (χ2v) is 10.4. The van der Waals surface area contributed by atoms with Crippen LogP contribution in [0.4, 0.5) is 4.39 Å². The monoisotopic (exact) mass is 524 g/mol. The Hall–Kier alpha value is -3.50. The van der Waals surface area contributed by atoms with Crippen LogP contribution >= 0.6 is 0 Å². The van der Waals surface area contributed by atoms with Gasteiger partial charge in [-0.15, -0.1) is 10.2 Å². The van der Waals surface area contributed by atoms with E-state index in [0.717, 1.165) is 38.3 Å². The highest BCUT2D eigenvalue weighted by molar-refractivity contribution is 5.92. The Morgan fingerprint density at radius 3 is 2.29 bits per heavy atom. The molecule has 2 aromatic carbocycles. The van der Waals surface area contributed by atoms with E-state index in [0.29, 0.717) is 12.1 Å². The summed E-state index contributed by atoms with van der Waals surface area (Å²) in [6.07, 6.45) is 0. The summed E-state index contributed by atoms with van der Waals surface area (Å²) in [6.45, 7) is 15.1. The van der Waals surface area contributed by atoms with E-state index in [1.165, 1.54) is 16.7 Å². The topological polar surface area (TPSA) is 107 Å². The van der Waals surface area contributed by atoms with E-state index < -0.39 is 11.7 Å². The van der Waals surface area contributed by atoms with E-state index >= 15 is 4.39 Å². The third-order valence-electron chi connectivity index (χ3n) is 6.87. The number of amides is 1. The first-order valence-electron chi connectivity index (χ1n) is 13.1. The Morgan fingerprint density at radius 2 is 1.68 bits per heavy atom. The first kappa shape index (κ1) is 27.5. The van der Waals surface area contributed by atoms with Gasteiger partial charge >= 0.3 is 0 Å². The molecule has 38 heavy (non-hydrogen) atoms. The summed E-state index contributed by atoms with van der Waals surface area (Å²) in [4.78, 5) is 17.7. The number of carbonyl (C=O) groups is 1. The Labute approximate surface area is 222 Å². The van der Waals surface area contributed by atoms with Gasteiger partial charge in [0.2, 0.25) is 5.82 Å². The van der Waals surface area contributed by atoms with Crippen LogP contribution in [0.2, 0.25) is 0 Å². The summed E-state index contributed by atoms with van der Waals surface area (Å²) >= 11 is 0. The molecule has 204 valence electrons. The lowest BCUT2D eigenvalue weighted by Crippen LogP contribution is -2.45. The van der Waals surface area contributed by atoms with E-state index in [9.17, 15) is 15.0 Å². The van der Waals surface area contributed by atoms with E-state index in [1.807, 2.05) is 33.8 Å². The van der Waals surface area contributed by atoms with Crippen LogP contribution in [0.25, 0.3) is 17.1 Å². The van der Waals surface area contributed by atoms with Crippen molar-refractivity contribution < 1.29 is 19.4 Å². The molecular weight excluding hydrogens is 487 g/mol. The first-order valence-corrected chi connectivity index (χ1v) is 13.1. The molecule has 1 amide bonds. The molecule has 1 aliphatic rings. The number of hydrogen-bond donors (Lipinski definition) is 3. The van der Waals surface area contributed by atoms with Crippen LogP contribution < -0.4 is 5.32 Å². The molecule has 3 aromatic rings. The van der Waals surface area contributed by atoms with Gasteiger partial charge in [-0.1, -0.05) is 26.8 Å². The van der Waals surface area contributed by atoms with Crippen LogP contribution in [0.5, 0.6) is 11.5 Å². The van der Waals surface area contributed by atoms with Crippen LogP contribution in [0.1, 0.15) is 62.3 Å². The zero-order chi connectivity index (χ0) is 27.6. The molecule has 0 aliphatic carbocycles. The number of aromatic nitrogens is 3. The van der Waals surface area contributed by atoms with Gasteiger partial charge in [0.1, 0.15) is 17.3 Å². The second kappa shape index (κ2) is 11.5. The van der Waals surface area contributed by atoms with Gasteiger partial charge in [-0.25, -0.2) is 4.39 Å². The molecule has 1 aromatic heterocycles. The Morgan fingerprint density at radius 1 is 1.00 bits per heavy atom. The number of carbonyl (C=O) groups excluding carboxylic acids is 1. The molecule has 9 nitrogen and oxygen atoms in total. The first-order chi connectivity index (χ1) is 18.1. The molecule has 1 saturated heterocycles. The summed E-state index contributed by atoms with van der Waals surface area (Å²) in [5.41, 5.74) is 1.74. The van der Waals surface area contributed by atoms with Crippen LogP contribution in [0, 0.1) is 5.82 Å². The second-order valence-electron chi connectivity index (χ2n) is 10.4. The highest BCUT2D eigenvalue weighted by atomic mass is 19.1. The third kappa shape index (κ3) is 5.81. The molecule has 0 saturated carbocycles. The number of aromatic hydroxyl groups is 2. The fourth-order valence-corrected chi connectivity index (χ4v) is 4.75. The van der Waals surface area contributed by atoms with Crippen molar-refractivity contribution in [3.8, 4) is 28.6 Å². The van der Waals surface area contributed by atoms with Crippen molar-refractivity contribution in [1.29, 1.82) is 0 Å². The van der Waals surface area contributed by atoms with E-state index in [2.05, 4.69) is 32.2 Å². The van der Waals surface area contributed by atoms with Crippen LogP contribution in [-0.4, -0.2) is 79.5 Å². The maximum absolute atomic E-state index is 15.7. The van der Waals surface area contributed by atoms with E-state index in [4.69, 9.17) is 0 Å². The van der Waals surface area contributed by atoms with Crippen molar-refractivity contribution in [3.63, 3.8) is 0 Å². The van der Waals surface area contributed by atoms with Crippen LogP contribution in [0.3, 0.4) is 0 Å². The number of phenolic OH excluding ortho intramolecular Hbond substituents is 2. The number of nitrogens with zero attached hydrogens (tertiary/aromatic N) is 5. The average molecular weight is 525 g/mol. The number of rotatable bonds is 8. The SMILES string of the molecule is CCN1CCN(Cc2ccc(-n3c(C(=O)NC(C)C)nnc3-c3cc(C(C)C)c(O)cc3O)c(F)c2)CC1. The number of phenols is 2. The molecule has 10 heteroatoms. The minimum Gasteiger partial charge on any atom is -0.508 e. The maximum atomic E-state index is 15.7. The number of piperazine rings is 1. The average Bonchev–Trinajstić information content (AvgIpc) is 3.29. The molecule has 2 heterocycles. The molecule has 1 aliphatic heterocycles. The van der Waals surface area contributed by atoms with E-state index in [1.54, 1.807) is 12.1 Å². The number of likely N-dealkylation sites (N-methyl/N-ethyl adjacent to an activating group) is 1. The van der Waals surface area contributed by atoms with Crippen molar-refractivity contribution in [2.75, 3.05) is 32.7 Å². The Balaban J connectivity index is 1.76. The Kier molecular flexibility index (Phi) is 8.32. The highest BCUT2D eigenvalue weighted by Gasteiger charge is 2.26. The molecule has 0 radical (unpaired) electrons. The molecule has 0 unspecified atom stereocenters. The van der Waals surface area contributed by atoms with Gasteiger partial charge in [0.25, 0.3) is 5.91 Å². The van der Waals surface area contributed by atoms with Gasteiger partial charge in [-0.3, -0.25) is 14.3 Å². The quantitative estimate of drug-likeness (QED) is 0.411. The predicted octanol–water partition coefficient (Wildman–Crippen LogP) is 3.88. The van der Waals surface area contributed by atoms with Gasteiger partial charge in [0.05, 0.1) is 11.3 Å². The number of nitrogens with one attached hydrogen (secondary N) is 1. The molecule has 1 fully saturated rings. The summed E-state index contributed by atoms with van der Waals surface area (Å²) in [6, 6.07) is 7.59. The van der Waals surface area contributed by atoms with Crippen LogP contribution in [0.15, 0.2) is 30.3 Å². The number of halogens is 1. The van der Waals surface area contributed by atoms with Gasteiger partial charge in [0.15, 0.2) is 5.82 Å². The van der Waals surface area contributed by atoms with Gasteiger partial charge in [0, 0.05) is 44.8 Å². The molecular formula is C28H37FN6O3.